The molecule has 3 N–H and O–H groups in total. The Morgan fingerprint density at radius 1 is 1.38 bits per heavy atom. The first kappa shape index (κ1) is 11.0. The van der Waals surface area contributed by atoms with Gasteiger partial charge in [-0.3, -0.25) is 4.79 Å². The van der Waals surface area contributed by atoms with Crippen LogP contribution < -0.4 is 16.0 Å². The lowest BCUT2D eigenvalue weighted by Gasteiger charge is -2.36. The summed E-state index contributed by atoms with van der Waals surface area (Å²) >= 11 is 0. The van der Waals surface area contributed by atoms with Crippen LogP contribution in [0.25, 0.3) is 0 Å². The molecule has 1 aromatic rings. The lowest BCUT2D eigenvalue weighted by atomic mass is 10.1. The van der Waals surface area contributed by atoms with Gasteiger partial charge in [-0.1, -0.05) is 18.2 Å². The number of para-hydroxylation sites is 1. The molecular formula is C12H17N3O. The predicted molar refractivity (Wildman–Crippen MR) is 64.3 cm³/mol. The number of rotatable bonds is 3. The average Bonchev–Trinajstić information content (AvgIpc) is 2.33. The molecule has 2 rings (SSSR count). The first-order chi connectivity index (χ1) is 7.83. The van der Waals surface area contributed by atoms with Crippen LogP contribution in [0.1, 0.15) is 6.42 Å². The summed E-state index contributed by atoms with van der Waals surface area (Å²) in [6.45, 7) is 2.08. The zero-order chi connectivity index (χ0) is 11.4. The molecule has 0 saturated carbocycles. The van der Waals surface area contributed by atoms with E-state index in [1.165, 1.54) is 0 Å². The Bertz CT molecular complexity index is 353. The average molecular weight is 219 g/mol. The van der Waals surface area contributed by atoms with Crippen molar-refractivity contribution in [3.63, 3.8) is 0 Å². The molecule has 0 bridgehead atoms. The molecule has 1 saturated heterocycles. The van der Waals surface area contributed by atoms with Crippen molar-refractivity contribution in [2.24, 2.45) is 5.73 Å². The molecule has 4 nitrogen and oxygen atoms in total. The van der Waals surface area contributed by atoms with Gasteiger partial charge in [-0.25, -0.2) is 0 Å². The zero-order valence-corrected chi connectivity index (χ0v) is 9.23. The first-order valence-corrected chi connectivity index (χ1v) is 5.62. The van der Waals surface area contributed by atoms with Gasteiger partial charge in [-0.2, -0.15) is 0 Å². The standard InChI is InChI=1S/C12H17N3O/c13-7-6-11-12(16)14-8-9-15(11)10-4-2-1-3-5-10/h1-5,11H,6-9,13H2,(H,14,16). The maximum atomic E-state index is 11.8. The highest BCUT2D eigenvalue weighted by atomic mass is 16.2. The van der Waals surface area contributed by atoms with E-state index in [0.29, 0.717) is 19.5 Å². The van der Waals surface area contributed by atoms with Crippen molar-refractivity contribution in [3.05, 3.63) is 30.3 Å². The van der Waals surface area contributed by atoms with Crippen molar-refractivity contribution in [2.45, 2.75) is 12.5 Å². The van der Waals surface area contributed by atoms with Gasteiger partial charge in [0, 0.05) is 18.8 Å². The van der Waals surface area contributed by atoms with Crippen LogP contribution in [0, 0.1) is 0 Å². The van der Waals surface area contributed by atoms with Crippen LogP contribution >= 0.6 is 0 Å². The maximum absolute atomic E-state index is 11.8. The number of carbonyl (C=O) groups excluding carboxylic acids is 1. The third-order valence-corrected chi connectivity index (χ3v) is 2.86. The number of amides is 1. The van der Waals surface area contributed by atoms with Crippen molar-refractivity contribution in [1.82, 2.24) is 5.32 Å². The van der Waals surface area contributed by atoms with E-state index >= 15 is 0 Å². The molecule has 0 spiro atoms. The summed E-state index contributed by atoms with van der Waals surface area (Å²) in [7, 11) is 0. The van der Waals surface area contributed by atoms with Gasteiger partial charge in [0.05, 0.1) is 0 Å². The summed E-state index contributed by atoms with van der Waals surface area (Å²) in [4.78, 5) is 13.9. The Morgan fingerprint density at radius 3 is 2.81 bits per heavy atom. The number of piperazine rings is 1. The molecule has 0 aliphatic carbocycles. The van der Waals surface area contributed by atoms with E-state index in [0.717, 1.165) is 12.2 Å². The van der Waals surface area contributed by atoms with Crippen LogP contribution in [0.3, 0.4) is 0 Å². The second kappa shape index (κ2) is 4.99. The lowest BCUT2D eigenvalue weighted by molar-refractivity contribution is -0.123. The number of benzene rings is 1. The fraction of sp³-hybridized carbons (Fsp3) is 0.417. The smallest absolute Gasteiger partial charge is 0.242 e. The largest absolute Gasteiger partial charge is 0.358 e. The van der Waals surface area contributed by atoms with Gasteiger partial charge >= 0.3 is 0 Å². The van der Waals surface area contributed by atoms with Crippen LogP contribution in [0.15, 0.2) is 30.3 Å². The highest BCUT2D eigenvalue weighted by Gasteiger charge is 2.28. The number of nitrogens with one attached hydrogen (secondary N) is 1. The van der Waals surface area contributed by atoms with E-state index < -0.39 is 0 Å². The van der Waals surface area contributed by atoms with Crippen molar-refractivity contribution >= 4 is 11.6 Å². The summed E-state index contributed by atoms with van der Waals surface area (Å²) in [6.07, 6.45) is 0.695. The number of nitrogens with two attached hydrogens (primary N) is 1. The van der Waals surface area contributed by atoms with Crippen LogP contribution in [0.5, 0.6) is 0 Å². The van der Waals surface area contributed by atoms with Crippen LogP contribution in [-0.2, 0) is 4.79 Å². The maximum Gasteiger partial charge on any atom is 0.242 e. The molecule has 1 aromatic carbocycles. The summed E-state index contributed by atoms with van der Waals surface area (Å²) in [5.74, 6) is 0.0838. The molecule has 1 unspecified atom stereocenters. The number of hydrogen-bond donors (Lipinski definition) is 2. The quantitative estimate of drug-likeness (QED) is 0.770. The number of nitrogens with zero attached hydrogens (tertiary/aromatic N) is 1. The highest BCUT2D eigenvalue weighted by molar-refractivity contribution is 5.86. The summed E-state index contributed by atoms with van der Waals surface area (Å²) in [5, 5.41) is 2.88. The van der Waals surface area contributed by atoms with Crippen molar-refractivity contribution < 1.29 is 4.79 Å². The Hall–Kier alpha value is -1.55. The molecular weight excluding hydrogens is 202 g/mol. The second-order valence-electron chi connectivity index (χ2n) is 3.91. The van der Waals surface area contributed by atoms with E-state index in [-0.39, 0.29) is 11.9 Å². The van der Waals surface area contributed by atoms with Crippen molar-refractivity contribution in [3.8, 4) is 0 Å². The molecule has 0 radical (unpaired) electrons. The monoisotopic (exact) mass is 219 g/mol. The SMILES string of the molecule is NCCC1C(=O)NCCN1c1ccccc1. The molecule has 1 heterocycles. The Kier molecular flexibility index (Phi) is 3.41. The first-order valence-electron chi connectivity index (χ1n) is 5.62. The highest BCUT2D eigenvalue weighted by Crippen LogP contribution is 2.19. The minimum absolute atomic E-state index is 0.0838. The van der Waals surface area contributed by atoms with Gasteiger partial charge in [-0.15, -0.1) is 0 Å². The van der Waals surface area contributed by atoms with E-state index in [9.17, 15) is 4.79 Å². The molecule has 1 atom stereocenters. The van der Waals surface area contributed by atoms with Gasteiger partial charge in [-0.05, 0) is 25.1 Å². The Balaban J connectivity index is 2.20. The molecule has 1 amide bonds. The van der Waals surface area contributed by atoms with E-state index in [4.69, 9.17) is 5.73 Å². The summed E-state index contributed by atoms with van der Waals surface area (Å²) in [5.41, 5.74) is 6.65. The van der Waals surface area contributed by atoms with Crippen LogP contribution in [0.2, 0.25) is 0 Å². The van der Waals surface area contributed by atoms with Gasteiger partial charge in [0.1, 0.15) is 6.04 Å². The fourth-order valence-corrected chi connectivity index (χ4v) is 2.09. The van der Waals surface area contributed by atoms with Gasteiger partial charge in [0.15, 0.2) is 0 Å². The van der Waals surface area contributed by atoms with E-state index in [1.54, 1.807) is 0 Å². The molecule has 1 aliphatic rings. The minimum atomic E-state index is -0.124. The van der Waals surface area contributed by atoms with Crippen LogP contribution in [0.4, 0.5) is 5.69 Å². The van der Waals surface area contributed by atoms with Gasteiger partial charge in [0.2, 0.25) is 5.91 Å². The fourth-order valence-electron chi connectivity index (χ4n) is 2.09. The molecule has 4 heteroatoms. The number of anilines is 1. The molecule has 1 fully saturated rings. The second-order valence-corrected chi connectivity index (χ2v) is 3.91. The van der Waals surface area contributed by atoms with Gasteiger partial charge in [0.25, 0.3) is 0 Å². The third kappa shape index (κ3) is 2.17. The topological polar surface area (TPSA) is 58.4 Å². The number of carbonyl (C=O) groups is 1. The third-order valence-electron chi connectivity index (χ3n) is 2.86. The molecule has 1 aliphatic heterocycles. The molecule has 86 valence electrons. The summed E-state index contributed by atoms with van der Waals surface area (Å²) < 4.78 is 0. The van der Waals surface area contributed by atoms with Crippen molar-refractivity contribution in [2.75, 3.05) is 24.5 Å². The van der Waals surface area contributed by atoms with Crippen molar-refractivity contribution in [1.29, 1.82) is 0 Å². The molecule has 0 aromatic heterocycles. The van der Waals surface area contributed by atoms with Crippen LogP contribution in [-0.4, -0.2) is 31.6 Å². The van der Waals surface area contributed by atoms with Gasteiger partial charge < -0.3 is 16.0 Å². The normalized spacial score (nSPS) is 20.7. The van der Waals surface area contributed by atoms with E-state index in [1.807, 2.05) is 30.3 Å². The summed E-state index contributed by atoms with van der Waals surface area (Å²) in [6, 6.07) is 9.89. The predicted octanol–water partition coefficient (Wildman–Crippen LogP) is 0.340. The minimum Gasteiger partial charge on any atom is -0.358 e. The Morgan fingerprint density at radius 2 is 2.12 bits per heavy atom. The molecule has 16 heavy (non-hydrogen) atoms. The van der Waals surface area contributed by atoms with E-state index in [2.05, 4.69) is 10.2 Å². The zero-order valence-electron chi connectivity index (χ0n) is 9.23. The number of hydrogen-bond acceptors (Lipinski definition) is 3. The Labute approximate surface area is 95.4 Å². The lowest BCUT2D eigenvalue weighted by Crippen LogP contribution is -2.56.